The molecular weight excluding hydrogens is 468 g/mol. The molecule has 0 aromatic heterocycles. The van der Waals surface area contributed by atoms with Crippen LogP contribution in [-0.4, -0.2) is 40.7 Å². The first-order valence-corrected chi connectivity index (χ1v) is 10.8. The highest BCUT2D eigenvalue weighted by Gasteiger charge is 2.32. The Morgan fingerprint density at radius 2 is 1.93 bits per heavy atom. The zero-order valence-electron chi connectivity index (χ0n) is 15.7. The number of nitrogens with zero attached hydrogens (tertiary/aromatic N) is 3. The van der Waals surface area contributed by atoms with Crippen molar-refractivity contribution in [3.63, 3.8) is 0 Å². The third kappa shape index (κ3) is 4.63. The first kappa shape index (κ1) is 20.4. The van der Waals surface area contributed by atoms with Gasteiger partial charge in [0, 0.05) is 6.42 Å². The van der Waals surface area contributed by atoms with Crippen molar-refractivity contribution in [3.05, 3.63) is 64.1 Å². The molecule has 0 bridgehead atoms. The Balaban J connectivity index is 1.35. The van der Waals surface area contributed by atoms with E-state index in [0.29, 0.717) is 24.1 Å². The molecule has 2 aliphatic rings. The number of benzene rings is 2. The average Bonchev–Trinajstić information content (AvgIpc) is 3.21. The molecule has 2 heterocycles. The molecule has 0 fully saturated rings. The van der Waals surface area contributed by atoms with Crippen LogP contribution in [0.1, 0.15) is 12.0 Å². The van der Waals surface area contributed by atoms with E-state index in [2.05, 4.69) is 26.0 Å². The zero-order valence-corrected chi connectivity index (χ0v) is 18.1. The predicted octanol–water partition coefficient (Wildman–Crippen LogP) is 4.55. The van der Waals surface area contributed by atoms with Gasteiger partial charge >= 0.3 is 0 Å². The number of hydrogen-bond acceptors (Lipinski definition) is 6. The van der Waals surface area contributed by atoms with Crippen LogP contribution in [0.4, 0.5) is 0 Å². The molecule has 2 aromatic carbocycles. The molecule has 1 N–H and O–H groups in total. The van der Waals surface area contributed by atoms with E-state index in [9.17, 15) is 4.79 Å². The van der Waals surface area contributed by atoms with Gasteiger partial charge in [-0.3, -0.25) is 10.2 Å². The summed E-state index contributed by atoms with van der Waals surface area (Å²) in [5, 5.41) is 14.0. The van der Waals surface area contributed by atoms with E-state index < -0.39 is 5.91 Å². The highest BCUT2D eigenvalue weighted by atomic mass is 79.9. The number of amides is 1. The number of amidine groups is 2. The van der Waals surface area contributed by atoms with E-state index >= 15 is 0 Å². The standard InChI is InChI=1S/C21H17BrN4O3S/c22-17-12-14(11-16-19(23)26-21(25-20(16)27)30-13-24-26)7-8-18(17)29-10-4-9-28-15-5-2-1-3-6-15/h1-3,5-8,11-13,23H,4,9-10H2/b16-11+,23-19?. The molecule has 0 spiro atoms. The molecule has 0 saturated heterocycles. The van der Waals surface area contributed by atoms with Crippen LogP contribution in [0.25, 0.3) is 6.08 Å². The summed E-state index contributed by atoms with van der Waals surface area (Å²) < 4.78 is 12.2. The molecule has 1 amide bonds. The number of ether oxygens (including phenoxy) is 2. The lowest BCUT2D eigenvalue weighted by atomic mass is 10.1. The van der Waals surface area contributed by atoms with Crippen molar-refractivity contribution in [2.45, 2.75) is 6.42 Å². The Morgan fingerprint density at radius 1 is 1.13 bits per heavy atom. The molecule has 4 rings (SSSR count). The van der Waals surface area contributed by atoms with Gasteiger partial charge in [0.05, 0.1) is 28.8 Å². The van der Waals surface area contributed by atoms with Crippen molar-refractivity contribution in [1.29, 1.82) is 5.41 Å². The van der Waals surface area contributed by atoms with Gasteiger partial charge < -0.3 is 9.47 Å². The second-order valence-corrected chi connectivity index (χ2v) is 7.98. The highest BCUT2D eigenvalue weighted by Crippen LogP contribution is 2.29. The molecule has 0 aliphatic carbocycles. The summed E-state index contributed by atoms with van der Waals surface area (Å²) in [7, 11) is 0. The SMILES string of the molecule is N=C1/C(=C\c2ccc(OCCCOc3ccccc3)c(Br)c2)C(=O)N=C2SC=NN12. The van der Waals surface area contributed by atoms with Gasteiger partial charge in [-0.2, -0.15) is 15.1 Å². The number of thioether (sulfide) groups is 1. The van der Waals surface area contributed by atoms with Gasteiger partial charge in [-0.05, 0) is 63.6 Å². The maximum Gasteiger partial charge on any atom is 0.283 e. The summed E-state index contributed by atoms with van der Waals surface area (Å²) >= 11 is 4.72. The summed E-state index contributed by atoms with van der Waals surface area (Å²) in [4.78, 5) is 16.2. The first-order valence-electron chi connectivity index (χ1n) is 9.15. The molecule has 7 nitrogen and oxygen atoms in total. The second kappa shape index (κ2) is 9.27. The minimum Gasteiger partial charge on any atom is -0.493 e. The Labute approximate surface area is 186 Å². The maximum absolute atomic E-state index is 12.3. The Morgan fingerprint density at radius 3 is 2.73 bits per heavy atom. The Bertz CT molecular complexity index is 1070. The zero-order chi connectivity index (χ0) is 20.9. The topological polar surface area (TPSA) is 87.3 Å². The van der Waals surface area contributed by atoms with Gasteiger partial charge in [0.1, 0.15) is 11.5 Å². The minimum atomic E-state index is -0.445. The molecular formula is C21H17BrN4O3S. The molecule has 152 valence electrons. The van der Waals surface area contributed by atoms with Crippen molar-refractivity contribution in [3.8, 4) is 11.5 Å². The van der Waals surface area contributed by atoms with Gasteiger partial charge in [0.15, 0.2) is 11.0 Å². The molecule has 0 atom stereocenters. The predicted molar refractivity (Wildman–Crippen MR) is 122 cm³/mol. The van der Waals surface area contributed by atoms with Crippen LogP contribution in [-0.2, 0) is 4.79 Å². The number of carbonyl (C=O) groups is 1. The lowest BCUT2D eigenvalue weighted by Gasteiger charge is -2.20. The van der Waals surface area contributed by atoms with Crippen LogP contribution in [0.5, 0.6) is 11.5 Å². The number of para-hydroxylation sites is 1. The lowest BCUT2D eigenvalue weighted by Crippen LogP contribution is -2.35. The van der Waals surface area contributed by atoms with E-state index in [1.54, 1.807) is 11.6 Å². The van der Waals surface area contributed by atoms with Gasteiger partial charge in [-0.25, -0.2) is 0 Å². The summed E-state index contributed by atoms with van der Waals surface area (Å²) in [5.41, 5.74) is 2.50. The van der Waals surface area contributed by atoms with Crippen LogP contribution in [0.15, 0.2) is 68.7 Å². The number of hydrogen-bond donors (Lipinski definition) is 1. The normalized spacial score (nSPS) is 16.6. The number of fused-ring (bicyclic) bond motifs is 1. The second-order valence-electron chi connectivity index (χ2n) is 6.31. The van der Waals surface area contributed by atoms with E-state index in [-0.39, 0.29) is 11.4 Å². The minimum absolute atomic E-state index is 0.0149. The fourth-order valence-electron chi connectivity index (χ4n) is 2.78. The van der Waals surface area contributed by atoms with E-state index in [4.69, 9.17) is 14.9 Å². The smallest absolute Gasteiger partial charge is 0.283 e. The third-order valence-electron chi connectivity index (χ3n) is 4.22. The first-order chi connectivity index (χ1) is 14.6. The number of hydrazone groups is 1. The molecule has 2 aliphatic heterocycles. The molecule has 0 saturated carbocycles. The lowest BCUT2D eigenvalue weighted by molar-refractivity contribution is -0.114. The number of halogens is 1. The van der Waals surface area contributed by atoms with Crippen molar-refractivity contribution >= 4 is 56.2 Å². The summed E-state index contributed by atoms with van der Waals surface area (Å²) in [6.07, 6.45) is 2.37. The molecule has 2 aromatic rings. The van der Waals surface area contributed by atoms with Crippen LogP contribution in [0, 0.1) is 5.41 Å². The number of nitrogens with one attached hydrogen (secondary N) is 1. The largest absolute Gasteiger partial charge is 0.493 e. The highest BCUT2D eigenvalue weighted by molar-refractivity contribution is 9.10. The quantitative estimate of drug-likeness (QED) is 0.460. The van der Waals surface area contributed by atoms with E-state index in [1.807, 2.05) is 48.5 Å². The fraction of sp³-hybridized carbons (Fsp3) is 0.143. The number of rotatable bonds is 7. The van der Waals surface area contributed by atoms with Crippen molar-refractivity contribution < 1.29 is 14.3 Å². The summed E-state index contributed by atoms with van der Waals surface area (Å²) in [5.74, 6) is 1.11. The van der Waals surface area contributed by atoms with Crippen LogP contribution >= 0.6 is 27.7 Å². The molecule has 9 heteroatoms. The van der Waals surface area contributed by atoms with Crippen molar-refractivity contribution in [2.75, 3.05) is 13.2 Å². The van der Waals surface area contributed by atoms with Crippen molar-refractivity contribution in [2.24, 2.45) is 10.1 Å². The molecule has 0 radical (unpaired) electrons. The van der Waals surface area contributed by atoms with Gasteiger partial charge in [0.25, 0.3) is 5.91 Å². The van der Waals surface area contributed by atoms with Gasteiger partial charge in [-0.15, -0.1) is 0 Å². The van der Waals surface area contributed by atoms with E-state index in [1.165, 1.54) is 16.8 Å². The Hall–Kier alpha value is -2.91. The molecule has 30 heavy (non-hydrogen) atoms. The third-order valence-corrected chi connectivity index (χ3v) is 5.52. The number of carbonyl (C=O) groups excluding carboxylic acids is 1. The van der Waals surface area contributed by atoms with Crippen LogP contribution < -0.4 is 9.47 Å². The monoisotopic (exact) mass is 484 g/mol. The van der Waals surface area contributed by atoms with Gasteiger partial charge in [-0.1, -0.05) is 24.3 Å². The van der Waals surface area contributed by atoms with Crippen LogP contribution in [0.2, 0.25) is 0 Å². The molecule has 0 unspecified atom stereocenters. The van der Waals surface area contributed by atoms with Crippen LogP contribution in [0.3, 0.4) is 0 Å². The average molecular weight is 485 g/mol. The van der Waals surface area contributed by atoms with Gasteiger partial charge in [0.2, 0.25) is 0 Å². The maximum atomic E-state index is 12.3. The summed E-state index contributed by atoms with van der Waals surface area (Å²) in [6.45, 7) is 1.08. The summed E-state index contributed by atoms with van der Waals surface area (Å²) in [6, 6.07) is 15.1. The fourth-order valence-corrected chi connectivity index (χ4v) is 3.90. The van der Waals surface area contributed by atoms with E-state index in [0.717, 1.165) is 22.2 Å². The van der Waals surface area contributed by atoms with Crippen molar-refractivity contribution in [1.82, 2.24) is 5.01 Å². The Kier molecular flexibility index (Phi) is 6.29. The number of aliphatic imine (C=N–C) groups is 1.